The summed E-state index contributed by atoms with van der Waals surface area (Å²) in [5.74, 6) is 0.348. The third-order valence-corrected chi connectivity index (χ3v) is 2.59. The van der Waals surface area contributed by atoms with Gasteiger partial charge in [0.05, 0.1) is 11.5 Å². The van der Waals surface area contributed by atoms with Crippen LogP contribution in [0.3, 0.4) is 0 Å². The Kier molecular flexibility index (Phi) is 5.59. The molecule has 0 aliphatic carbocycles. The molecule has 0 bridgehead atoms. The molecule has 7 heteroatoms. The van der Waals surface area contributed by atoms with Gasteiger partial charge in [-0.25, -0.2) is 0 Å². The molecule has 0 aliphatic heterocycles. The maximum Gasteiger partial charge on any atom is 0.311 e. The van der Waals surface area contributed by atoms with Crippen LogP contribution in [0, 0.1) is 10.1 Å². The Morgan fingerprint density at radius 1 is 1.58 bits per heavy atom. The summed E-state index contributed by atoms with van der Waals surface area (Å²) in [6, 6.07) is 4.91. The molecular weight excluding hydrogens is 250 g/mol. The fourth-order valence-corrected chi connectivity index (χ4v) is 1.53. The minimum Gasteiger partial charge on any atom is -0.487 e. The zero-order chi connectivity index (χ0) is 14.3. The monoisotopic (exact) mass is 267 g/mol. The van der Waals surface area contributed by atoms with E-state index in [-0.39, 0.29) is 23.9 Å². The van der Waals surface area contributed by atoms with Crippen LogP contribution in [0.2, 0.25) is 0 Å². The largest absolute Gasteiger partial charge is 0.487 e. The SMILES string of the molecule is CCc1ccc(OCCCC(N)=NO)c([N+](=O)[O-])c1. The Morgan fingerprint density at radius 3 is 2.89 bits per heavy atom. The van der Waals surface area contributed by atoms with Crippen LogP contribution >= 0.6 is 0 Å². The van der Waals surface area contributed by atoms with Gasteiger partial charge in [-0.2, -0.15) is 0 Å². The Hall–Kier alpha value is -2.31. The first-order valence-corrected chi connectivity index (χ1v) is 5.95. The van der Waals surface area contributed by atoms with Gasteiger partial charge < -0.3 is 15.7 Å². The smallest absolute Gasteiger partial charge is 0.311 e. The van der Waals surface area contributed by atoms with Gasteiger partial charge in [0.25, 0.3) is 0 Å². The van der Waals surface area contributed by atoms with E-state index in [2.05, 4.69) is 5.16 Å². The number of ether oxygens (including phenoxy) is 1. The molecule has 0 atom stereocenters. The maximum absolute atomic E-state index is 10.9. The molecule has 0 amide bonds. The Morgan fingerprint density at radius 2 is 2.32 bits per heavy atom. The number of rotatable bonds is 7. The van der Waals surface area contributed by atoms with Crippen LogP contribution in [0.4, 0.5) is 5.69 Å². The lowest BCUT2D eigenvalue weighted by atomic mass is 10.1. The number of nitro benzene ring substituents is 1. The van der Waals surface area contributed by atoms with E-state index >= 15 is 0 Å². The van der Waals surface area contributed by atoms with Gasteiger partial charge in [0, 0.05) is 12.5 Å². The average Bonchev–Trinajstić information content (AvgIpc) is 2.43. The summed E-state index contributed by atoms with van der Waals surface area (Å²) in [7, 11) is 0. The zero-order valence-electron chi connectivity index (χ0n) is 10.7. The molecule has 1 aromatic carbocycles. The lowest BCUT2D eigenvalue weighted by Crippen LogP contribution is -2.13. The van der Waals surface area contributed by atoms with Gasteiger partial charge in [-0.15, -0.1) is 0 Å². The zero-order valence-corrected chi connectivity index (χ0v) is 10.7. The number of benzene rings is 1. The molecule has 0 unspecified atom stereocenters. The van der Waals surface area contributed by atoms with E-state index in [4.69, 9.17) is 15.7 Å². The number of hydrogen-bond acceptors (Lipinski definition) is 5. The van der Waals surface area contributed by atoms with Crippen LogP contribution in [-0.2, 0) is 6.42 Å². The van der Waals surface area contributed by atoms with Gasteiger partial charge in [0.1, 0.15) is 5.84 Å². The molecule has 7 nitrogen and oxygen atoms in total. The third-order valence-electron chi connectivity index (χ3n) is 2.59. The molecule has 104 valence electrons. The number of nitro groups is 1. The topological polar surface area (TPSA) is 111 Å². The third kappa shape index (κ3) is 4.46. The Labute approximate surface area is 110 Å². The lowest BCUT2D eigenvalue weighted by Gasteiger charge is -2.07. The van der Waals surface area contributed by atoms with Crippen molar-refractivity contribution in [3.63, 3.8) is 0 Å². The van der Waals surface area contributed by atoms with Gasteiger partial charge >= 0.3 is 5.69 Å². The standard InChI is InChI=1S/C12H17N3O4/c1-2-9-5-6-11(10(8-9)15(17)18)19-7-3-4-12(13)14-16/h5-6,8,16H,2-4,7H2,1H3,(H2,13,14). The van der Waals surface area contributed by atoms with E-state index in [0.717, 1.165) is 12.0 Å². The van der Waals surface area contributed by atoms with Crippen molar-refractivity contribution >= 4 is 11.5 Å². The molecule has 19 heavy (non-hydrogen) atoms. The van der Waals surface area contributed by atoms with Crippen molar-refractivity contribution in [2.24, 2.45) is 10.9 Å². The molecule has 0 saturated heterocycles. The van der Waals surface area contributed by atoms with Gasteiger partial charge in [0.2, 0.25) is 0 Å². The summed E-state index contributed by atoms with van der Waals surface area (Å²) in [6.45, 7) is 2.19. The Balaban J connectivity index is 2.65. The second-order valence-electron chi connectivity index (χ2n) is 3.96. The van der Waals surface area contributed by atoms with Gasteiger partial charge in [-0.05, 0) is 24.5 Å². The Bertz CT molecular complexity index is 474. The van der Waals surface area contributed by atoms with Crippen LogP contribution in [0.5, 0.6) is 5.75 Å². The maximum atomic E-state index is 10.9. The normalized spacial score (nSPS) is 11.3. The molecule has 3 N–H and O–H groups in total. The first kappa shape index (κ1) is 14.7. The number of nitrogens with zero attached hydrogens (tertiary/aromatic N) is 2. The lowest BCUT2D eigenvalue weighted by molar-refractivity contribution is -0.385. The van der Waals surface area contributed by atoms with E-state index in [0.29, 0.717) is 12.8 Å². The number of oxime groups is 1. The van der Waals surface area contributed by atoms with Crippen molar-refractivity contribution < 1.29 is 14.9 Å². The average molecular weight is 267 g/mol. The van der Waals surface area contributed by atoms with E-state index < -0.39 is 4.92 Å². The van der Waals surface area contributed by atoms with Crippen LogP contribution in [0.25, 0.3) is 0 Å². The van der Waals surface area contributed by atoms with E-state index in [9.17, 15) is 10.1 Å². The number of hydrogen-bond donors (Lipinski definition) is 2. The molecular formula is C12H17N3O4. The summed E-state index contributed by atoms with van der Waals surface area (Å²) in [4.78, 5) is 10.5. The summed E-state index contributed by atoms with van der Waals surface area (Å²) in [5, 5.41) is 22.1. The minimum atomic E-state index is -0.460. The van der Waals surface area contributed by atoms with Crippen molar-refractivity contribution in [3.05, 3.63) is 33.9 Å². The van der Waals surface area contributed by atoms with Crippen LogP contribution in [-0.4, -0.2) is 22.6 Å². The second-order valence-corrected chi connectivity index (χ2v) is 3.96. The van der Waals surface area contributed by atoms with Crippen LogP contribution in [0.1, 0.15) is 25.3 Å². The predicted molar refractivity (Wildman–Crippen MR) is 70.6 cm³/mol. The molecule has 0 aromatic heterocycles. The second kappa shape index (κ2) is 7.20. The first-order valence-electron chi connectivity index (χ1n) is 5.95. The minimum absolute atomic E-state index is 0.0388. The number of nitrogens with two attached hydrogens (primary N) is 1. The van der Waals surface area contributed by atoms with Crippen LogP contribution in [0.15, 0.2) is 23.4 Å². The van der Waals surface area contributed by atoms with Gasteiger partial charge in [-0.3, -0.25) is 10.1 Å². The first-order chi connectivity index (χ1) is 9.08. The highest BCUT2D eigenvalue weighted by Gasteiger charge is 2.15. The highest BCUT2D eigenvalue weighted by molar-refractivity contribution is 5.79. The summed E-state index contributed by atoms with van der Waals surface area (Å²) >= 11 is 0. The summed E-state index contributed by atoms with van der Waals surface area (Å²) < 4.78 is 5.36. The van der Waals surface area contributed by atoms with Crippen molar-refractivity contribution in [2.75, 3.05) is 6.61 Å². The molecule has 0 radical (unpaired) electrons. The van der Waals surface area contributed by atoms with Crippen molar-refractivity contribution in [2.45, 2.75) is 26.2 Å². The highest BCUT2D eigenvalue weighted by Crippen LogP contribution is 2.28. The molecule has 0 aliphatic rings. The quantitative estimate of drug-likeness (QED) is 0.196. The molecule has 0 saturated carbocycles. The molecule has 0 fully saturated rings. The van der Waals surface area contributed by atoms with Crippen LogP contribution < -0.4 is 10.5 Å². The molecule has 1 aromatic rings. The van der Waals surface area contributed by atoms with Crippen molar-refractivity contribution in [1.29, 1.82) is 0 Å². The molecule has 0 heterocycles. The summed E-state index contributed by atoms with van der Waals surface area (Å²) in [5.41, 5.74) is 6.15. The summed E-state index contributed by atoms with van der Waals surface area (Å²) in [6.07, 6.45) is 1.62. The van der Waals surface area contributed by atoms with Crippen molar-refractivity contribution in [3.8, 4) is 5.75 Å². The number of amidine groups is 1. The van der Waals surface area contributed by atoms with Gasteiger partial charge in [0.15, 0.2) is 5.75 Å². The van der Waals surface area contributed by atoms with E-state index in [1.165, 1.54) is 6.07 Å². The fourth-order valence-electron chi connectivity index (χ4n) is 1.53. The van der Waals surface area contributed by atoms with Gasteiger partial charge in [-0.1, -0.05) is 18.1 Å². The molecule has 1 rings (SSSR count). The highest BCUT2D eigenvalue weighted by atomic mass is 16.6. The fraction of sp³-hybridized carbons (Fsp3) is 0.417. The molecule has 0 spiro atoms. The van der Waals surface area contributed by atoms with Crippen molar-refractivity contribution in [1.82, 2.24) is 0 Å². The predicted octanol–water partition coefficient (Wildman–Crippen LogP) is 2.06. The van der Waals surface area contributed by atoms with E-state index in [1.54, 1.807) is 12.1 Å². The number of aryl methyl sites for hydroxylation is 1. The van der Waals surface area contributed by atoms with E-state index in [1.807, 2.05) is 6.92 Å².